The Kier molecular flexibility index (Phi) is 7.92. The van der Waals surface area contributed by atoms with Gasteiger partial charge in [0.25, 0.3) is 0 Å². The first-order chi connectivity index (χ1) is 9.22. The number of aliphatic hydroxyl groups excluding tert-OH is 1. The lowest BCUT2D eigenvalue weighted by Crippen LogP contribution is -2.26. The fraction of sp³-hybridized carbons (Fsp3) is 0.455. The molecule has 8 nitrogen and oxygen atoms in total. The fourth-order valence-corrected chi connectivity index (χ4v) is 1.49. The van der Waals surface area contributed by atoms with Crippen LogP contribution in [0.2, 0.25) is 0 Å². The molecule has 0 aromatic heterocycles. The normalized spacial score (nSPS) is 10.4. The molecule has 0 amide bonds. The molecule has 0 aliphatic rings. The van der Waals surface area contributed by atoms with Crippen molar-refractivity contribution in [2.24, 2.45) is 0 Å². The van der Waals surface area contributed by atoms with Crippen LogP contribution in [0.3, 0.4) is 0 Å². The molecule has 0 spiro atoms. The van der Waals surface area contributed by atoms with E-state index >= 15 is 0 Å². The van der Waals surface area contributed by atoms with E-state index in [2.05, 4.69) is 4.90 Å². The Labute approximate surface area is 118 Å². The first kappa shape index (κ1) is 18.4. The van der Waals surface area contributed by atoms with E-state index in [9.17, 15) is 0 Å². The van der Waals surface area contributed by atoms with Crippen molar-refractivity contribution >= 4 is 21.8 Å². The molecule has 0 heterocycles. The number of aliphatic hydroxyl groups is 1. The zero-order chi connectivity index (χ0) is 15.8. The van der Waals surface area contributed by atoms with E-state index in [1.807, 2.05) is 25.1 Å². The molecule has 0 aliphatic heterocycles. The van der Waals surface area contributed by atoms with Crippen LogP contribution in [0, 0.1) is 0 Å². The Morgan fingerprint density at radius 3 is 2.30 bits per heavy atom. The summed E-state index contributed by atoms with van der Waals surface area (Å²) in [5, 5.41) is 8.91. The highest BCUT2D eigenvalue weighted by Crippen LogP contribution is 2.27. The number of hydrogen-bond acceptors (Lipinski definition) is 6. The van der Waals surface area contributed by atoms with E-state index in [0.717, 1.165) is 12.2 Å². The second kappa shape index (κ2) is 8.59. The van der Waals surface area contributed by atoms with Crippen molar-refractivity contribution in [1.82, 2.24) is 0 Å². The maximum absolute atomic E-state index is 8.91. The highest BCUT2D eigenvalue weighted by molar-refractivity contribution is 7.79. The molecule has 0 saturated heterocycles. The van der Waals surface area contributed by atoms with Crippen molar-refractivity contribution in [3.63, 3.8) is 0 Å². The number of nitrogen functional groups attached to an aromatic ring is 1. The van der Waals surface area contributed by atoms with Gasteiger partial charge in [-0.2, -0.15) is 8.42 Å². The van der Waals surface area contributed by atoms with E-state index in [4.69, 9.17) is 33.1 Å². The van der Waals surface area contributed by atoms with Gasteiger partial charge in [0.1, 0.15) is 5.75 Å². The van der Waals surface area contributed by atoms with Crippen LogP contribution in [-0.4, -0.2) is 49.4 Å². The van der Waals surface area contributed by atoms with Gasteiger partial charge in [0.15, 0.2) is 0 Å². The van der Waals surface area contributed by atoms with Gasteiger partial charge in [-0.1, -0.05) is 0 Å². The lowest BCUT2D eigenvalue weighted by molar-refractivity contribution is 0.302. The average molecular weight is 308 g/mol. The summed E-state index contributed by atoms with van der Waals surface area (Å²) in [4.78, 5) is 2.06. The van der Waals surface area contributed by atoms with Crippen LogP contribution >= 0.6 is 0 Å². The Balaban J connectivity index is 0.000000621. The predicted molar refractivity (Wildman–Crippen MR) is 76.6 cm³/mol. The summed E-state index contributed by atoms with van der Waals surface area (Å²) in [6, 6.07) is 5.62. The quantitative estimate of drug-likeness (QED) is 0.455. The molecule has 0 unspecified atom stereocenters. The standard InChI is InChI=1S/C11H18N2O2.H2O4S/c1-3-13(6-7-14)9-4-5-10(12)11(8-9)15-2;1-5(2,3)4/h4-5,8,14H,3,6-7,12H2,1-2H3;(H2,1,2,3,4). The molecule has 1 aromatic carbocycles. The predicted octanol–water partition coefficient (Wildman–Crippen LogP) is 0.443. The molecule has 0 fully saturated rings. The largest absolute Gasteiger partial charge is 0.495 e. The summed E-state index contributed by atoms with van der Waals surface area (Å²) in [7, 11) is -3.07. The molecular weight excluding hydrogens is 288 g/mol. The minimum atomic E-state index is -4.67. The maximum atomic E-state index is 8.91. The van der Waals surface area contributed by atoms with Crippen molar-refractivity contribution in [2.45, 2.75) is 6.92 Å². The number of nitrogens with zero attached hydrogens (tertiary/aromatic N) is 1. The maximum Gasteiger partial charge on any atom is 0.394 e. The third-order valence-corrected chi connectivity index (χ3v) is 2.33. The highest BCUT2D eigenvalue weighted by Gasteiger charge is 2.06. The number of methoxy groups -OCH3 is 1. The van der Waals surface area contributed by atoms with Gasteiger partial charge in [-0.25, -0.2) is 0 Å². The molecule has 0 saturated carbocycles. The van der Waals surface area contributed by atoms with Gasteiger partial charge in [-0.15, -0.1) is 0 Å². The number of benzene rings is 1. The second-order valence-electron chi connectivity index (χ2n) is 3.68. The first-order valence-electron chi connectivity index (χ1n) is 5.72. The molecule has 9 heteroatoms. The molecule has 0 aliphatic carbocycles. The number of hydrogen-bond donors (Lipinski definition) is 4. The molecular formula is C11H20N2O6S. The van der Waals surface area contributed by atoms with E-state index < -0.39 is 10.4 Å². The fourth-order valence-electron chi connectivity index (χ4n) is 1.49. The molecule has 1 rings (SSSR count). The van der Waals surface area contributed by atoms with Gasteiger partial charge < -0.3 is 20.5 Å². The van der Waals surface area contributed by atoms with Crippen LogP contribution in [0.15, 0.2) is 18.2 Å². The second-order valence-corrected chi connectivity index (χ2v) is 4.57. The van der Waals surface area contributed by atoms with Crippen LogP contribution in [0.4, 0.5) is 11.4 Å². The molecule has 0 atom stereocenters. The molecule has 20 heavy (non-hydrogen) atoms. The van der Waals surface area contributed by atoms with Crippen LogP contribution in [0.25, 0.3) is 0 Å². The number of ether oxygens (including phenoxy) is 1. The van der Waals surface area contributed by atoms with Gasteiger partial charge >= 0.3 is 10.4 Å². The highest BCUT2D eigenvalue weighted by atomic mass is 32.3. The number of rotatable bonds is 5. The summed E-state index contributed by atoms with van der Waals surface area (Å²) in [6.07, 6.45) is 0. The monoisotopic (exact) mass is 308 g/mol. The van der Waals surface area contributed by atoms with Gasteiger partial charge in [0.05, 0.1) is 19.4 Å². The van der Waals surface area contributed by atoms with Crippen molar-refractivity contribution in [2.75, 3.05) is 37.4 Å². The average Bonchev–Trinajstić information content (AvgIpc) is 2.35. The molecule has 5 N–H and O–H groups in total. The van der Waals surface area contributed by atoms with Crippen molar-refractivity contribution in [1.29, 1.82) is 0 Å². The third-order valence-electron chi connectivity index (χ3n) is 2.33. The van der Waals surface area contributed by atoms with E-state index in [1.54, 1.807) is 7.11 Å². The third kappa shape index (κ3) is 7.79. The Bertz CT molecular complexity index is 498. The van der Waals surface area contributed by atoms with Gasteiger partial charge in [0, 0.05) is 24.8 Å². The smallest absolute Gasteiger partial charge is 0.394 e. The molecule has 0 radical (unpaired) electrons. The topological polar surface area (TPSA) is 133 Å². The van der Waals surface area contributed by atoms with Gasteiger partial charge in [0.2, 0.25) is 0 Å². The molecule has 0 bridgehead atoms. The number of nitrogens with two attached hydrogens (primary N) is 1. The Hall–Kier alpha value is -1.55. The minimum Gasteiger partial charge on any atom is -0.495 e. The van der Waals surface area contributed by atoms with E-state index in [0.29, 0.717) is 18.0 Å². The van der Waals surface area contributed by atoms with Crippen LogP contribution in [-0.2, 0) is 10.4 Å². The van der Waals surface area contributed by atoms with Crippen molar-refractivity contribution in [3.8, 4) is 5.75 Å². The lowest BCUT2D eigenvalue weighted by atomic mass is 10.2. The summed E-state index contributed by atoms with van der Waals surface area (Å²) >= 11 is 0. The summed E-state index contributed by atoms with van der Waals surface area (Å²) in [6.45, 7) is 3.64. The SMILES string of the molecule is CCN(CCO)c1ccc(N)c(OC)c1.O=S(=O)(O)O. The molecule has 116 valence electrons. The lowest BCUT2D eigenvalue weighted by Gasteiger charge is -2.22. The van der Waals surface area contributed by atoms with Gasteiger partial charge in [-0.3, -0.25) is 9.11 Å². The van der Waals surface area contributed by atoms with Crippen LogP contribution in [0.5, 0.6) is 5.75 Å². The Morgan fingerprint density at radius 2 is 1.90 bits per heavy atom. The van der Waals surface area contributed by atoms with Gasteiger partial charge in [-0.05, 0) is 19.1 Å². The zero-order valence-corrected chi connectivity index (χ0v) is 12.2. The first-order valence-corrected chi connectivity index (χ1v) is 7.11. The van der Waals surface area contributed by atoms with E-state index in [1.165, 1.54) is 0 Å². The van der Waals surface area contributed by atoms with Crippen molar-refractivity contribution in [3.05, 3.63) is 18.2 Å². The summed E-state index contributed by atoms with van der Waals surface area (Å²) in [5.74, 6) is 0.670. The summed E-state index contributed by atoms with van der Waals surface area (Å²) < 4.78 is 36.7. The summed E-state index contributed by atoms with van der Waals surface area (Å²) in [5.41, 5.74) is 7.36. The minimum absolute atomic E-state index is 0.139. The van der Waals surface area contributed by atoms with Crippen LogP contribution < -0.4 is 15.4 Å². The zero-order valence-electron chi connectivity index (χ0n) is 11.4. The van der Waals surface area contributed by atoms with Crippen LogP contribution in [0.1, 0.15) is 6.92 Å². The number of likely N-dealkylation sites (N-methyl/N-ethyl adjacent to an activating group) is 1. The van der Waals surface area contributed by atoms with Crippen molar-refractivity contribution < 1.29 is 27.4 Å². The van der Waals surface area contributed by atoms with E-state index in [-0.39, 0.29) is 6.61 Å². The Morgan fingerprint density at radius 1 is 1.35 bits per heavy atom. The number of anilines is 2. The molecule has 1 aromatic rings.